The first kappa shape index (κ1) is 11.1. The quantitative estimate of drug-likeness (QED) is 0.568. The van der Waals surface area contributed by atoms with Gasteiger partial charge in [-0.25, -0.2) is 13.6 Å². The maximum absolute atomic E-state index is 10.6. The van der Waals surface area contributed by atoms with Gasteiger partial charge in [-0.1, -0.05) is 5.21 Å². The average molecular weight is 219 g/mol. The second-order valence-corrected chi connectivity index (χ2v) is 4.66. The topological polar surface area (TPSA) is 103 Å². The molecule has 0 unspecified atom stereocenters. The summed E-state index contributed by atoms with van der Waals surface area (Å²) in [4.78, 5) is 0. The summed E-state index contributed by atoms with van der Waals surface area (Å²) in [6.07, 6.45) is 1.75. The molecule has 0 fully saturated rings. The van der Waals surface area contributed by atoms with E-state index < -0.39 is 10.0 Å². The van der Waals surface area contributed by atoms with Gasteiger partial charge in [-0.15, -0.1) is 5.10 Å². The van der Waals surface area contributed by atoms with Crippen molar-refractivity contribution >= 4 is 10.0 Å². The number of nitrogens with one attached hydrogen (secondary N) is 1. The normalized spacial score (nSPS) is 11.9. The zero-order valence-electron chi connectivity index (χ0n) is 7.84. The van der Waals surface area contributed by atoms with Gasteiger partial charge in [-0.2, -0.15) is 0 Å². The fourth-order valence-electron chi connectivity index (χ4n) is 0.907. The van der Waals surface area contributed by atoms with Gasteiger partial charge in [0.2, 0.25) is 10.0 Å². The second-order valence-electron chi connectivity index (χ2n) is 2.93. The van der Waals surface area contributed by atoms with Crippen LogP contribution < -0.4 is 10.5 Å². The molecule has 0 aliphatic carbocycles. The zero-order valence-corrected chi connectivity index (χ0v) is 8.66. The number of sulfonamides is 1. The standard InChI is InChI=1S/C6H13N5O2S/c1-11-5-6(9-10-11)4-8-2-3-14(7,12)13/h5,8H,2-4H2,1H3,(H2,7,12,13). The van der Waals surface area contributed by atoms with Crippen LogP contribution >= 0.6 is 0 Å². The van der Waals surface area contributed by atoms with E-state index in [1.54, 1.807) is 17.9 Å². The first-order chi connectivity index (χ1) is 6.47. The van der Waals surface area contributed by atoms with E-state index >= 15 is 0 Å². The molecular formula is C6H13N5O2S. The SMILES string of the molecule is Cn1cc(CNCCS(N)(=O)=O)nn1. The van der Waals surface area contributed by atoms with E-state index in [0.29, 0.717) is 13.1 Å². The zero-order chi connectivity index (χ0) is 10.6. The lowest BCUT2D eigenvalue weighted by Crippen LogP contribution is -2.26. The van der Waals surface area contributed by atoms with E-state index in [1.807, 2.05) is 0 Å². The van der Waals surface area contributed by atoms with Gasteiger partial charge >= 0.3 is 0 Å². The van der Waals surface area contributed by atoms with Crippen molar-refractivity contribution in [3.63, 3.8) is 0 Å². The van der Waals surface area contributed by atoms with E-state index in [-0.39, 0.29) is 5.75 Å². The van der Waals surface area contributed by atoms with Crippen molar-refractivity contribution in [2.24, 2.45) is 12.2 Å². The predicted molar refractivity (Wildman–Crippen MR) is 50.7 cm³/mol. The Kier molecular flexibility index (Phi) is 3.55. The molecule has 0 aliphatic heterocycles. The monoisotopic (exact) mass is 219 g/mol. The van der Waals surface area contributed by atoms with Gasteiger partial charge in [-0.05, 0) is 0 Å². The summed E-state index contributed by atoms with van der Waals surface area (Å²) >= 11 is 0. The first-order valence-electron chi connectivity index (χ1n) is 4.04. The Labute approximate surface area is 82.3 Å². The van der Waals surface area contributed by atoms with Gasteiger partial charge in [0.15, 0.2) is 0 Å². The number of rotatable bonds is 5. The van der Waals surface area contributed by atoms with Crippen LogP contribution in [0.3, 0.4) is 0 Å². The van der Waals surface area contributed by atoms with Crippen molar-refractivity contribution in [2.45, 2.75) is 6.54 Å². The highest BCUT2D eigenvalue weighted by atomic mass is 32.2. The number of nitrogens with zero attached hydrogens (tertiary/aromatic N) is 3. The van der Waals surface area contributed by atoms with Gasteiger partial charge in [0.1, 0.15) is 0 Å². The summed E-state index contributed by atoms with van der Waals surface area (Å²) < 4.78 is 22.7. The van der Waals surface area contributed by atoms with Crippen LogP contribution in [0.5, 0.6) is 0 Å². The third kappa shape index (κ3) is 4.30. The molecule has 0 amide bonds. The number of aryl methyl sites for hydroxylation is 1. The van der Waals surface area contributed by atoms with Crippen molar-refractivity contribution in [1.29, 1.82) is 0 Å². The number of hydrogen-bond acceptors (Lipinski definition) is 5. The molecule has 1 aromatic heterocycles. The summed E-state index contributed by atoms with van der Waals surface area (Å²) in [5.41, 5.74) is 0.766. The Morgan fingerprint density at radius 1 is 1.64 bits per heavy atom. The molecule has 0 aromatic carbocycles. The molecule has 80 valence electrons. The van der Waals surface area contributed by atoms with E-state index in [4.69, 9.17) is 5.14 Å². The highest BCUT2D eigenvalue weighted by molar-refractivity contribution is 7.89. The fourth-order valence-corrected chi connectivity index (χ4v) is 1.34. The van der Waals surface area contributed by atoms with Crippen molar-refractivity contribution in [3.8, 4) is 0 Å². The third-order valence-electron chi connectivity index (χ3n) is 1.52. The lowest BCUT2D eigenvalue weighted by Gasteiger charge is -1.99. The van der Waals surface area contributed by atoms with E-state index in [2.05, 4.69) is 15.6 Å². The molecule has 0 bridgehead atoms. The highest BCUT2D eigenvalue weighted by Gasteiger charge is 2.02. The summed E-state index contributed by atoms with van der Waals surface area (Å²) in [5.74, 6) is -0.0761. The van der Waals surface area contributed by atoms with Crippen LogP contribution in [0, 0.1) is 0 Å². The molecule has 0 atom stereocenters. The minimum absolute atomic E-state index is 0.0761. The van der Waals surface area contributed by atoms with Gasteiger partial charge in [0, 0.05) is 26.3 Å². The molecule has 0 radical (unpaired) electrons. The summed E-state index contributed by atoms with van der Waals surface area (Å²) in [5, 5.41) is 15.3. The predicted octanol–water partition coefficient (Wildman–Crippen LogP) is -1.81. The number of primary sulfonamides is 1. The summed E-state index contributed by atoms with van der Waals surface area (Å²) in [6, 6.07) is 0. The van der Waals surface area contributed by atoms with E-state index in [9.17, 15) is 8.42 Å². The molecule has 0 spiro atoms. The fraction of sp³-hybridized carbons (Fsp3) is 0.667. The second kappa shape index (κ2) is 4.49. The Bertz CT molecular complexity index is 385. The molecular weight excluding hydrogens is 206 g/mol. The Morgan fingerprint density at radius 2 is 2.36 bits per heavy atom. The molecule has 0 saturated carbocycles. The van der Waals surface area contributed by atoms with Crippen molar-refractivity contribution in [2.75, 3.05) is 12.3 Å². The average Bonchev–Trinajstić information content (AvgIpc) is 2.44. The molecule has 1 rings (SSSR count). The van der Waals surface area contributed by atoms with Crippen molar-refractivity contribution in [3.05, 3.63) is 11.9 Å². The van der Waals surface area contributed by atoms with Gasteiger partial charge < -0.3 is 5.32 Å². The maximum atomic E-state index is 10.6. The van der Waals surface area contributed by atoms with Crippen LogP contribution in [0.15, 0.2) is 6.20 Å². The molecule has 8 heteroatoms. The Hall–Kier alpha value is -0.990. The molecule has 14 heavy (non-hydrogen) atoms. The van der Waals surface area contributed by atoms with Gasteiger partial charge in [0.05, 0.1) is 11.4 Å². The van der Waals surface area contributed by atoms with E-state index in [0.717, 1.165) is 5.69 Å². The molecule has 0 aliphatic rings. The van der Waals surface area contributed by atoms with Crippen LogP contribution in [0.2, 0.25) is 0 Å². The molecule has 0 saturated heterocycles. The van der Waals surface area contributed by atoms with Crippen LogP contribution in [0.4, 0.5) is 0 Å². The maximum Gasteiger partial charge on any atom is 0.210 e. The minimum atomic E-state index is -3.38. The third-order valence-corrected chi connectivity index (χ3v) is 2.29. The van der Waals surface area contributed by atoms with Crippen LogP contribution in [-0.4, -0.2) is 35.7 Å². The number of hydrogen-bond donors (Lipinski definition) is 2. The minimum Gasteiger partial charge on any atom is -0.310 e. The lowest BCUT2D eigenvalue weighted by atomic mass is 10.5. The summed E-state index contributed by atoms with van der Waals surface area (Å²) in [6.45, 7) is 0.804. The first-order valence-corrected chi connectivity index (χ1v) is 5.75. The van der Waals surface area contributed by atoms with Crippen molar-refractivity contribution < 1.29 is 8.42 Å². The number of aromatic nitrogens is 3. The molecule has 1 heterocycles. The largest absolute Gasteiger partial charge is 0.310 e. The number of nitrogens with two attached hydrogens (primary N) is 1. The van der Waals surface area contributed by atoms with E-state index in [1.165, 1.54) is 0 Å². The lowest BCUT2D eigenvalue weighted by molar-refractivity contribution is 0.591. The molecule has 1 aromatic rings. The summed E-state index contributed by atoms with van der Waals surface area (Å²) in [7, 11) is -1.61. The van der Waals surface area contributed by atoms with Crippen LogP contribution in [0.25, 0.3) is 0 Å². The van der Waals surface area contributed by atoms with Gasteiger partial charge in [-0.3, -0.25) is 4.68 Å². The Morgan fingerprint density at radius 3 is 2.86 bits per heavy atom. The van der Waals surface area contributed by atoms with Crippen LogP contribution in [-0.2, 0) is 23.6 Å². The van der Waals surface area contributed by atoms with Crippen molar-refractivity contribution in [1.82, 2.24) is 20.3 Å². The molecule has 7 nitrogen and oxygen atoms in total. The molecule has 3 N–H and O–H groups in total. The smallest absolute Gasteiger partial charge is 0.210 e. The van der Waals surface area contributed by atoms with Gasteiger partial charge in [0.25, 0.3) is 0 Å². The Balaban J connectivity index is 2.23. The van der Waals surface area contributed by atoms with Crippen LogP contribution in [0.1, 0.15) is 5.69 Å². The highest BCUT2D eigenvalue weighted by Crippen LogP contribution is 1.89.